The third-order valence-electron chi connectivity index (χ3n) is 2.23. The average molecular weight is 236 g/mol. The van der Waals surface area contributed by atoms with Crippen LogP contribution in [0.25, 0.3) is 0 Å². The maximum absolute atomic E-state index is 5.00. The van der Waals surface area contributed by atoms with E-state index in [1.54, 1.807) is 20.4 Å². The van der Waals surface area contributed by atoms with Gasteiger partial charge in [0.2, 0.25) is 5.88 Å². The van der Waals surface area contributed by atoms with Crippen LogP contribution < -0.4 is 15.4 Å². The average Bonchev–Trinajstić information content (AvgIpc) is 2.39. The molecule has 0 aromatic carbocycles. The summed E-state index contributed by atoms with van der Waals surface area (Å²) in [4.78, 5) is 8.26. The molecule has 0 saturated carbocycles. The minimum Gasteiger partial charge on any atom is -0.481 e. The van der Waals surface area contributed by atoms with E-state index in [2.05, 4.69) is 27.5 Å². The molecule has 94 valence electrons. The van der Waals surface area contributed by atoms with Gasteiger partial charge in [0.15, 0.2) is 5.96 Å². The summed E-state index contributed by atoms with van der Waals surface area (Å²) < 4.78 is 5.00. The van der Waals surface area contributed by atoms with E-state index in [4.69, 9.17) is 4.74 Å². The normalized spacial score (nSPS) is 11.1. The van der Waals surface area contributed by atoms with Crippen LogP contribution in [0.15, 0.2) is 23.3 Å². The quantitative estimate of drug-likeness (QED) is 0.595. The van der Waals surface area contributed by atoms with Gasteiger partial charge in [-0.25, -0.2) is 4.98 Å². The lowest BCUT2D eigenvalue weighted by Crippen LogP contribution is -2.37. The van der Waals surface area contributed by atoms with Crippen LogP contribution in [0.5, 0.6) is 5.88 Å². The third-order valence-corrected chi connectivity index (χ3v) is 2.23. The summed E-state index contributed by atoms with van der Waals surface area (Å²) in [6, 6.07) is 3.82. The van der Waals surface area contributed by atoms with E-state index >= 15 is 0 Å². The second kappa shape index (κ2) is 7.49. The van der Waals surface area contributed by atoms with Crippen LogP contribution in [-0.4, -0.2) is 31.6 Å². The highest BCUT2D eigenvalue weighted by Gasteiger charge is 1.98. The van der Waals surface area contributed by atoms with Gasteiger partial charge in [-0.05, 0) is 12.0 Å². The van der Waals surface area contributed by atoms with E-state index in [9.17, 15) is 0 Å². The molecule has 1 aromatic heterocycles. The summed E-state index contributed by atoms with van der Waals surface area (Å²) in [7, 11) is 3.37. The maximum Gasteiger partial charge on any atom is 0.212 e. The fraction of sp³-hybridized carbons (Fsp3) is 0.500. The van der Waals surface area contributed by atoms with Gasteiger partial charge in [0.25, 0.3) is 0 Å². The molecule has 0 aliphatic heterocycles. The van der Waals surface area contributed by atoms with Crippen molar-refractivity contribution in [2.75, 3.05) is 20.7 Å². The molecule has 0 spiro atoms. The molecular weight excluding hydrogens is 216 g/mol. The van der Waals surface area contributed by atoms with E-state index in [1.807, 2.05) is 12.1 Å². The van der Waals surface area contributed by atoms with Gasteiger partial charge in [-0.1, -0.05) is 13.0 Å². The number of nitrogens with one attached hydrogen (secondary N) is 2. The molecule has 1 aromatic rings. The lowest BCUT2D eigenvalue weighted by molar-refractivity contribution is 0.397. The number of ether oxygens (including phenoxy) is 1. The molecule has 0 aliphatic rings. The summed E-state index contributed by atoms with van der Waals surface area (Å²) in [6.07, 6.45) is 2.86. The molecule has 2 N–H and O–H groups in total. The molecule has 0 radical (unpaired) electrons. The van der Waals surface area contributed by atoms with Crippen LogP contribution >= 0.6 is 0 Å². The summed E-state index contributed by atoms with van der Waals surface area (Å²) in [5.74, 6) is 1.44. The number of nitrogens with zero attached hydrogens (tertiary/aromatic N) is 2. The zero-order valence-electron chi connectivity index (χ0n) is 10.7. The number of aliphatic imine (C=N–C) groups is 1. The molecule has 0 atom stereocenters. The smallest absolute Gasteiger partial charge is 0.212 e. The zero-order chi connectivity index (χ0) is 12.5. The highest BCUT2D eigenvalue weighted by atomic mass is 16.5. The fourth-order valence-corrected chi connectivity index (χ4v) is 1.29. The number of aromatic nitrogens is 1. The largest absolute Gasteiger partial charge is 0.481 e. The Morgan fingerprint density at radius 3 is 2.76 bits per heavy atom. The summed E-state index contributed by atoms with van der Waals surface area (Å²) in [5.41, 5.74) is 1.09. The van der Waals surface area contributed by atoms with Crippen LogP contribution in [0.4, 0.5) is 0 Å². The Morgan fingerprint density at radius 1 is 1.41 bits per heavy atom. The van der Waals surface area contributed by atoms with E-state index in [0.29, 0.717) is 12.4 Å². The highest BCUT2D eigenvalue weighted by molar-refractivity contribution is 5.79. The summed E-state index contributed by atoms with van der Waals surface area (Å²) in [5, 5.41) is 6.42. The van der Waals surface area contributed by atoms with Gasteiger partial charge in [0.1, 0.15) is 0 Å². The molecule has 5 nitrogen and oxygen atoms in total. The zero-order valence-corrected chi connectivity index (χ0v) is 10.7. The Hall–Kier alpha value is -1.78. The lowest BCUT2D eigenvalue weighted by atomic mass is 10.3. The predicted molar refractivity (Wildman–Crippen MR) is 69.3 cm³/mol. The van der Waals surface area contributed by atoms with Crippen LogP contribution in [0.1, 0.15) is 18.9 Å². The molecule has 0 fully saturated rings. The van der Waals surface area contributed by atoms with E-state index in [-0.39, 0.29) is 0 Å². The monoisotopic (exact) mass is 236 g/mol. The van der Waals surface area contributed by atoms with Crippen molar-refractivity contribution < 1.29 is 4.74 Å². The van der Waals surface area contributed by atoms with Crippen LogP contribution in [0.3, 0.4) is 0 Å². The van der Waals surface area contributed by atoms with Gasteiger partial charge in [0, 0.05) is 32.4 Å². The maximum atomic E-state index is 5.00. The standard InChI is InChI=1S/C12H20N4O/c1-4-7-14-12(13-2)16-9-10-5-6-11(17-3)15-8-10/h5-6,8H,4,7,9H2,1-3H3,(H2,13,14,16). The lowest BCUT2D eigenvalue weighted by Gasteiger charge is -2.10. The van der Waals surface area contributed by atoms with Crippen LogP contribution in [0, 0.1) is 0 Å². The minimum atomic E-state index is 0.627. The molecule has 0 saturated heterocycles. The van der Waals surface area contributed by atoms with Gasteiger partial charge >= 0.3 is 0 Å². The van der Waals surface area contributed by atoms with Crippen molar-refractivity contribution in [2.45, 2.75) is 19.9 Å². The minimum absolute atomic E-state index is 0.627. The summed E-state index contributed by atoms with van der Waals surface area (Å²) >= 11 is 0. The van der Waals surface area contributed by atoms with Crippen molar-refractivity contribution in [3.05, 3.63) is 23.9 Å². The first-order valence-corrected chi connectivity index (χ1v) is 5.73. The number of methoxy groups -OCH3 is 1. The molecular formula is C12H20N4O. The van der Waals surface area contributed by atoms with E-state index in [0.717, 1.165) is 24.5 Å². The number of pyridine rings is 1. The number of guanidine groups is 1. The Balaban J connectivity index is 2.42. The van der Waals surface area contributed by atoms with E-state index < -0.39 is 0 Å². The van der Waals surface area contributed by atoms with Gasteiger partial charge in [-0.3, -0.25) is 4.99 Å². The van der Waals surface area contributed by atoms with E-state index in [1.165, 1.54) is 0 Å². The van der Waals surface area contributed by atoms with Crippen LogP contribution in [0.2, 0.25) is 0 Å². The molecule has 0 aliphatic carbocycles. The molecule has 17 heavy (non-hydrogen) atoms. The van der Waals surface area contributed by atoms with Crippen molar-refractivity contribution in [2.24, 2.45) is 4.99 Å². The van der Waals surface area contributed by atoms with Gasteiger partial charge < -0.3 is 15.4 Å². The van der Waals surface area contributed by atoms with Crippen molar-refractivity contribution in [3.63, 3.8) is 0 Å². The molecule has 0 unspecified atom stereocenters. The van der Waals surface area contributed by atoms with Crippen LogP contribution in [-0.2, 0) is 6.54 Å². The van der Waals surface area contributed by atoms with Crippen molar-refractivity contribution >= 4 is 5.96 Å². The first kappa shape index (κ1) is 13.3. The predicted octanol–water partition coefficient (Wildman–Crippen LogP) is 1.17. The third kappa shape index (κ3) is 4.72. The second-order valence-electron chi connectivity index (χ2n) is 3.56. The SMILES string of the molecule is CCCNC(=NC)NCc1ccc(OC)nc1. The first-order chi connectivity index (χ1) is 8.30. The Morgan fingerprint density at radius 2 is 2.24 bits per heavy atom. The topological polar surface area (TPSA) is 58.5 Å². The van der Waals surface area contributed by atoms with Crippen molar-refractivity contribution in [1.82, 2.24) is 15.6 Å². The first-order valence-electron chi connectivity index (χ1n) is 5.73. The van der Waals surface area contributed by atoms with Gasteiger partial charge in [0.05, 0.1) is 7.11 Å². The molecule has 0 bridgehead atoms. The molecule has 0 amide bonds. The van der Waals surface area contributed by atoms with Gasteiger partial charge in [-0.2, -0.15) is 0 Å². The Labute approximate surface area is 102 Å². The highest BCUT2D eigenvalue weighted by Crippen LogP contribution is 2.05. The number of hydrogen-bond donors (Lipinski definition) is 2. The number of rotatable bonds is 5. The van der Waals surface area contributed by atoms with Crippen molar-refractivity contribution in [3.8, 4) is 5.88 Å². The summed E-state index contributed by atoms with van der Waals surface area (Å²) in [6.45, 7) is 3.73. The van der Waals surface area contributed by atoms with Crippen molar-refractivity contribution in [1.29, 1.82) is 0 Å². The fourth-order valence-electron chi connectivity index (χ4n) is 1.29. The number of hydrogen-bond acceptors (Lipinski definition) is 3. The molecule has 1 heterocycles. The second-order valence-corrected chi connectivity index (χ2v) is 3.56. The Bertz CT molecular complexity index is 348. The molecule has 5 heteroatoms. The Kier molecular flexibility index (Phi) is 5.85. The van der Waals surface area contributed by atoms with Gasteiger partial charge in [-0.15, -0.1) is 0 Å². The molecule has 1 rings (SSSR count).